The maximum Gasteiger partial charge on any atom is 0.325 e. The first-order valence-corrected chi connectivity index (χ1v) is 10.2. The van der Waals surface area contributed by atoms with Crippen molar-refractivity contribution in [3.63, 3.8) is 0 Å². The summed E-state index contributed by atoms with van der Waals surface area (Å²) in [5, 5.41) is 5.78. The highest BCUT2D eigenvalue weighted by molar-refractivity contribution is 6.07. The van der Waals surface area contributed by atoms with Crippen LogP contribution in [0, 0.1) is 0 Å². The minimum atomic E-state index is -0.663. The van der Waals surface area contributed by atoms with Crippen LogP contribution >= 0.6 is 0 Å². The molecule has 0 unspecified atom stereocenters. The molecule has 1 aromatic rings. The molecule has 1 heterocycles. The number of nitrogens with zero attached hydrogens (tertiary/aromatic N) is 2. The van der Waals surface area contributed by atoms with Gasteiger partial charge in [0.1, 0.15) is 5.54 Å². The molecule has 1 aliphatic heterocycles. The summed E-state index contributed by atoms with van der Waals surface area (Å²) in [5.74, 6) is -0.149. The molecule has 152 valence electrons. The molecule has 2 fully saturated rings. The number of nitrogens with one attached hydrogen (secondary N) is 2. The Morgan fingerprint density at radius 1 is 1.18 bits per heavy atom. The number of para-hydroxylation sites is 1. The second kappa shape index (κ2) is 9.08. The van der Waals surface area contributed by atoms with Crippen molar-refractivity contribution in [2.75, 3.05) is 31.6 Å². The monoisotopic (exact) mass is 386 g/mol. The number of hydrogen-bond acceptors (Lipinski definition) is 4. The van der Waals surface area contributed by atoms with Crippen molar-refractivity contribution in [3.8, 4) is 0 Å². The van der Waals surface area contributed by atoms with E-state index in [2.05, 4.69) is 27.7 Å². The molecule has 1 spiro atoms. The summed E-state index contributed by atoms with van der Waals surface area (Å²) in [4.78, 5) is 40.1. The number of urea groups is 1. The average Bonchev–Trinajstić information content (AvgIpc) is 3.26. The number of hydrogen-bond donors (Lipinski definition) is 2. The normalized spacial score (nSPS) is 17.8. The van der Waals surface area contributed by atoms with Gasteiger partial charge in [0, 0.05) is 38.8 Å². The number of amides is 4. The van der Waals surface area contributed by atoms with Gasteiger partial charge in [0.25, 0.3) is 5.91 Å². The molecule has 0 radical (unpaired) electrons. The first kappa shape index (κ1) is 20.2. The van der Waals surface area contributed by atoms with Gasteiger partial charge in [-0.3, -0.25) is 14.5 Å². The van der Waals surface area contributed by atoms with Crippen LogP contribution in [0.4, 0.5) is 10.5 Å². The topological polar surface area (TPSA) is 81.8 Å². The van der Waals surface area contributed by atoms with E-state index in [1.807, 2.05) is 25.2 Å². The van der Waals surface area contributed by atoms with Gasteiger partial charge in [-0.1, -0.05) is 31.0 Å². The Labute approximate surface area is 166 Å². The van der Waals surface area contributed by atoms with Gasteiger partial charge in [-0.05, 0) is 37.8 Å². The van der Waals surface area contributed by atoms with Crippen LogP contribution in [0.5, 0.6) is 0 Å². The standard InChI is InChI=1S/C21H30N4O3/c1-24(17-9-3-2-4-10-17)15-8-14-22-18(26)11-7-16-25-19(27)21(23-20(25)28)12-5-6-13-21/h2-4,9-10H,5-8,11-16H2,1H3,(H,22,26)(H,23,28). The lowest BCUT2D eigenvalue weighted by atomic mass is 9.98. The van der Waals surface area contributed by atoms with Gasteiger partial charge in [-0.15, -0.1) is 0 Å². The number of benzene rings is 1. The molecule has 0 aromatic heterocycles. The third-order valence-electron chi connectivity index (χ3n) is 5.68. The van der Waals surface area contributed by atoms with E-state index in [0.29, 0.717) is 25.9 Å². The molecule has 0 atom stereocenters. The Kier molecular flexibility index (Phi) is 6.54. The Morgan fingerprint density at radius 3 is 2.61 bits per heavy atom. The van der Waals surface area contributed by atoms with Crippen molar-refractivity contribution in [2.45, 2.75) is 50.5 Å². The van der Waals surface area contributed by atoms with Gasteiger partial charge >= 0.3 is 6.03 Å². The van der Waals surface area contributed by atoms with E-state index in [1.165, 1.54) is 4.90 Å². The average molecular weight is 386 g/mol. The van der Waals surface area contributed by atoms with Gasteiger partial charge in [0.05, 0.1) is 0 Å². The highest BCUT2D eigenvalue weighted by Crippen LogP contribution is 2.35. The Bertz CT molecular complexity index is 701. The quantitative estimate of drug-likeness (QED) is 0.504. The van der Waals surface area contributed by atoms with E-state index in [1.54, 1.807) is 0 Å². The zero-order valence-electron chi connectivity index (χ0n) is 16.6. The molecule has 2 N–H and O–H groups in total. The smallest absolute Gasteiger partial charge is 0.325 e. The predicted molar refractivity (Wildman–Crippen MR) is 108 cm³/mol. The molecular weight excluding hydrogens is 356 g/mol. The molecule has 1 aliphatic carbocycles. The third kappa shape index (κ3) is 4.64. The molecular formula is C21H30N4O3. The van der Waals surface area contributed by atoms with E-state index >= 15 is 0 Å². The van der Waals surface area contributed by atoms with Crippen LogP contribution in [0.3, 0.4) is 0 Å². The van der Waals surface area contributed by atoms with Gasteiger partial charge in [0.15, 0.2) is 0 Å². The van der Waals surface area contributed by atoms with E-state index in [9.17, 15) is 14.4 Å². The van der Waals surface area contributed by atoms with Crippen molar-refractivity contribution in [1.29, 1.82) is 0 Å². The molecule has 7 nitrogen and oxygen atoms in total. The number of carbonyl (C=O) groups is 3. The zero-order chi connectivity index (χ0) is 20.0. The lowest BCUT2D eigenvalue weighted by Gasteiger charge is -2.20. The van der Waals surface area contributed by atoms with E-state index in [0.717, 1.165) is 44.3 Å². The predicted octanol–water partition coefficient (Wildman–Crippen LogP) is 2.27. The summed E-state index contributed by atoms with van der Waals surface area (Å²) in [6, 6.07) is 9.82. The van der Waals surface area contributed by atoms with Gasteiger partial charge in [0.2, 0.25) is 5.91 Å². The zero-order valence-corrected chi connectivity index (χ0v) is 16.6. The maximum atomic E-state index is 12.5. The lowest BCUT2D eigenvalue weighted by molar-refractivity contribution is -0.131. The first-order valence-electron chi connectivity index (χ1n) is 10.2. The number of rotatable bonds is 9. The van der Waals surface area contributed by atoms with E-state index < -0.39 is 5.54 Å². The summed E-state index contributed by atoms with van der Waals surface area (Å²) in [6.45, 7) is 1.77. The van der Waals surface area contributed by atoms with Crippen LogP contribution in [-0.4, -0.2) is 55.0 Å². The largest absolute Gasteiger partial charge is 0.375 e. The van der Waals surface area contributed by atoms with E-state index in [-0.39, 0.29) is 17.8 Å². The third-order valence-corrected chi connectivity index (χ3v) is 5.68. The molecule has 2 aliphatic rings. The Balaban J connectivity index is 1.31. The molecule has 1 aromatic carbocycles. The van der Waals surface area contributed by atoms with Crippen LogP contribution in [0.15, 0.2) is 30.3 Å². The molecule has 4 amide bonds. The summed E-state index contributed by atoms with van der Waals surface area (Å²) < 4.78 is 0. The minimum Gasteiger partial charge on any atom is -0.375 e. The van der Waals surface area contributed by atoms with Crippen LogP contribution in [0.25, 0.3) is 0 Å². The number of carbonyl (C=O) groups excluding carboxylic acids is 3. The molecule has 1 saturated heterocycles. The summed E-state index contributed by atoms with van der Waals surface area (Å²) in [6.07, 6.45) is 5.07. The van der Waals surface area contributed by atoms with Crippen LogP contribution < -0.4 is 15.5 Å². The Morgan fingerprint density at radius 2 is 1.89 bits per heavy atom. The lowest BCUT2D eigenvalue weighted by Crippen LogP contribution is -2.44. The van der Waals surface area contributed by atoms with Crippen molar-refractivity contribution in [1.82, 2.24) is 15.5 Å². The van der Waals surface area contributed by atoms with Crippen molar-refractivity contribution < 1.29 is 14.4 Å². The summed E-state index contributed by atoms with van der Waals surface area (Å²) in [7, 11) is 2.03. The van der Waals surface area contributed by atoms with Crippen LogP contribution in [0.1, 0.15) is 44.9 Å². The Hall–Kier alpha value is -2.57. The van der Waals surface area contributed by atoms with Crippen molar-refractivity contribution >= 4 is 23.5 Å². The molecule has 3 rings (SSSR count). The fourth-order valence-electron chi connectivity index (χ4n) is 4.04. The fourth-order valence-corrected chi connectivity index (χ4v) is 4.04. The van der Waals surface area contributed by atoms with Crippen molar-refractivity contribution in [2.24, 2.45) is 0 Å². The van der Waals surface area contributed by atoms with Crippen LogP contribution in [-0.2, 0) is 9.59 Å². The fraction of sp³-hybridized carbons (Fsp3) is 0.571. The first-order chi connectivity index (χ1) is 13.5. The second-order valence-electron chi connectivity index (χ2n) is 7.74. The van der Waals surface area contributed by atoms with Gasteiger partial charge in [-0.2, -0.15) is 0 Å². The second-order valence-corrected chi connectivity index (χ2v) is 7.74. The van der Waals surface area contributed by atoms with Crippen molar-refractivity contribution in [3.05, 3.63) is 30.3 Å². The highest BCUT2D eigenvalue weighted by atomic mass is 16.2. The summed E-state index contributed by atoms with van der Waals surface area (Å²) in [5.41, 5.74) is 0.492. The molecule has 28 heavy (non-hydrogen) atoms. The number of imide groups is 1. The van der Waals surface area contributed by atoms with Gasteiger partial charge < -0.3 is 15.5 Å². The summed E-state index contributed by atoms with van der Waals surface area (Å²) >= 11 is 0. The number of anilines is 1. The van der Waals surface area contributed by atoms with Gasteiger partial charge in [-0.25, -0.2) is 4.79 Å². The molecule has 1 saturated carbocycles. The maximum absolute atomic E-state index is 12.5. The molecule has 0 bridgehead atoms. The SMILES string of the molecule is CN(CCCNC(=O)CCCN1C(=O)NC2(CCCC2)C1=O)c1ccccc1. The highest BCUT2D eigenvalue weighted by Gasteiger charge is 2.51. The van der Waals surface area contributed by atoms with E-state index in [4.69, 9.17) is 0 Å². The molecule has 7 heteroatoms. The van der Waals surface area contributed by atoms with Crippen LogP contribution in [0.2, 0.25) is 0 Å². The minimum absolute atomic E-state index is 0.0370.